The Balaban J connectivity index is 1.37. The van der Waals surface area contributed by atoms with Crippen molar-refractivity contribution in [3.8, 4) is 55.6 Å². The monoisotopic (exact) mass is 517 g/mol. The van der Waals surface area contributed by atoms with Crippen molar-refractivity contribution in [2.45, 2.75) is 0 Å². The molecule has 0 spiro atoms. The van der Waals surface area contributed by atoms with Crippen LogP contribution in [0.25, 0.3) is 65.8 Å². The molecule has 0 fully saturated rings. The lowest BCUT2D eigenvalue weighted by molar-refractivity contribution is 1.19. The van der Waals surface area contributed by atoms with Crippen LogP contribution in [-0.4, -0.2) is 15.0 Å². The van der Waals surface area contributed by atoms with Gasteiger partial charge in [0, 0.05) is 22.3 Å². The van der Waals surface area contributed by atoms with E-state index in [0.29, 0.717) is 5.82 Å². The maximum Gasteiger partial charge on any atom is 0.161 e. The summed E-state index contributed by atoms with van der Waals surface area (Å²) in [5.74, 6) is 0.701. The van der Waals surface area contributed by atoms with Crippen molar-refractivity contribution in [2.75, 3.05) is 0 Å². The third-order valence-electron chi connectivity index (χ3n) is 6.76. The zero-order chi connectivity index (χ0) is 26.0. The smallest absolute Gasteiger partial charge is 0.161 e. The van der Waals surface area contributed by atoms with Gasteiger partial charge in [0.25, 0.3) is 0 Å². The fourth-order valence-corrected chi connectivity index (χ4v) is 5.84. The molecule has 0 atom stereocenters. The Labute approximate surface area is 231 Å². The second-order valence-corrected chi connectivity index (χ2v) is 10.3. The van der Waals surface area contributed by atoms with Gasteiger partial charge < -0.3 is 0 Å². The van der Waals surface area contributed by atoms with Crippen molar-refractivity contribution < 1.29 is 0 Å². The van der Waals surface area contributed by atoms with Gasteiger partial charge in [-0.3, -0.25) is 0 Å². The highest BCUT2D eigenvalue weighted by molar-refractivity contribution is 7.22. The van der Waals surface area contributed by atoms with Crippen LogP contribution in [0.1, 0.15) is 0 Å². The molecular formula is C35H23N3S. The van der Waals surface area contributed by atoms with E-state index >= 15 is 0 Å². The molecule has 0 unspecified atom stereocenters. The number of fused-ring (bicyclic) bond motifs is 1. The van der Waals surface area contributed by atoms with Gasteiger partial charge in [0.1, 0.15) is 5.01 Å². The molecule has 2 aromatic heterocycles. The van der Waals surface area contributed by atoms with Gasteiger partial charge in [-0.1, -0.05) is 121 Å². The summed E-state index contributed by atoms with van der Waals surface area (Å²) >= 11 is 1.68. The van der Waals surface area contributed by atoms with E-state index in [4.69, 9.17) is 15.0 Å². The Kier molecular flexibility index (Phi) is 6.00. The quantitative estimate of drug-likeness (QED) is 0.228. The highest BCUT2D eigenvalue weighted by Gasteiger charge is 2.16. The highest BCUT2D eigenvalue weighted by Crippen LogP contribution is 2.37. The van der Waals surface area contributed by atoms with Crippen LogP contribution in [0.5, 0.6) is 0 Å². The van der Waals surface area contributed by atoms with Gasteiger partial charge in [-0.2, -0.15) is 0 Å². The molecule has 0 N–H and O–H groups in total. The zero-order valence-corrected chi connectivity index (χ0v) is 21.8. The van der Waals surface area contributed by atoms with Crippen molar-refractivity contribution in [1.82, 2.24) is 15.0 Å². The summed E-state index contributed by atoms with van der Waals surface area (Å²) in [6.45, 7) is 0. The molecule has 0 aliphatic heterocycles. The molecule has 5 aromatic carbocycles. The van der Waals surface area contributed by atoms with E-state index in [1.54, 1.807) is 11.3 Å². The number of rotatable bonds is 5. The molecule has 4 heteroatoms. The van der Waals surface area contributed by atoms with Crippen LogP contribution in [0.3, 0.4) is 0 Å². The standard InChI is InChI=1S/C35H23N3S/c1-4-11-24(12-5-1)25-19-21-27(22-20-25)32-23-31(26-13-6-2-7-14-26)36-34(37-32)29-17-10-18-30-33(29)39-35(38-30)28-15-8-3-9-16-28/h1-23H. The molecule has 0 amide bonds. The number of thiazole rings is 1. The molecule has 2 heterocycles. The van der Waals surface area contributed by atoms with Gasteiger partial charge in [-0.15, -0.1) is 11.3 Å². The molecule has 0 saturated carbocycles. The van der Waals surface area contributed by atoms with Crippen molar-refractivity contribution in [3.63, 3.8) is 0 Å². The van der Waals surface area contributed by atoms with E-state index in [2.05, 4.69) is 91.0 Å². The van der Waals surface area contributed by atoms with Gasteiger partial charge >= 0.3 is 0 Å². The first-order valence-corrected chi connectivity index (χ1v) is 13.7. The predicted molar refractivity (Wildman–Crippen MR) is 162 cm³/mol. The van der Waals surface area contributed by atoms with Crippen LogP contribution in [0.2, 0.25) is 0 Å². The molecule has 7 rings (SSSR count). The molecule has 0 aliphatic carbocycles. The molecule has 0 aliphatic rings. The third kappa shape index (κ3) is 4.63. The van der Waals surface area contributed by atoms with Gasteiger partial charge in [0.15, 0.2) is 5.82 Å². The zero-order valence-electron chi connectivity index (χ0n) is 21.0. The van der Waals surface area contributed by atoms with Crippen LogP contribution in [0.4, 0.5) is 0 Å². The first kappa shape index (κ1) is 23.2. The van der Waals surface area contributed by atoms with Gasteiger partial charge in [0.2, 0.25) is 0 Å². The lowest BCUT2D eigenvalue weighted by atomic mass is 10.0. The van der Waals surface area contributed by atoms with Crippen LogP contribution in [-0.2, 0) is 0 Å². The molecule has 7 aromatic rings. The Morgan fingerprint density at radius 1 is 0.410 bits per heavy atom. The average molecular weight is 518 g/mol. The fourth-order valence-electron chi connectivity index (χ4n) is 4.77. The molecule has 0 bridgehead atoms. The Bertz CT molecular complexity index is 1880. The van der Waals surface area contributed by atoms with Crippen LogP contribution < -0.4 is 0 Å². The molecular weight excluding hydrogens is 494 g/mol. The largest absolute Gasteiger partial charge is 0.236 e. The van der Waals surface area contributed by atoms with E-state index in [1.165, 1.54) is 11.1 Å². The number of nitrogens with zero attached hydrogens (tertiary/aromatic N) is 3. The molecule has 0 radical (unpaired) electrons. The minimum absolute atomic E-state index is 0.701. The summed E-state index contributed by atoms with van der Waals surface area (Å²) in [4.78, 5) is 15.1. The summed E-state index contributed by atoms with van der Waals surface area (Å²) in [5.41, 5.74) is 9.34. The van der Waals surface area contributed by atoms with E-state index in [-0.39, 0.29) is 0 Å². The second kappa shape index (κ2) is 10.1. The van der Waals surface area contributed by atoms with E-state index in [9.17, 15) is 0 Å². The first-order chi connectivity index (χ1) is 19.3. The summed E-state index contributed by atoms with van der Waals surface area (Å²) in [7, 11) is 0. The fraction of sp³-hybridized carbons (Fsp3) is 0. The maximum atomic E-state index is 5.10. The number of hydrogen-bond acceptors (Lipinski definition) is 4. The summed E-state index contributed by atoms with van der Waals surface area (Å²) in [6, 6.07) is 47.9. The van der Waals surface area contributed by atoms with Crippen molar-refractivity contribution in [1.29, 1.82) is 0 Å². The van der Waals surface area contributed by atoms with Gasteiger partial charge in [-0.25, -0.2) is 15.0 Å². The van der Waals surface area contributed by atoms with Crippen LogP contribution >= 0.6 is 11.3 Å². The normalized spacial score (nSPS) is 11.1. The maximum absolute atomic E-state index is 5.10. The summed E-state index contributed by atoms with van der Waals surface area (Å²) in [5, 5.41) is 0.994. The lowest BCUT2D eigenvalue weighted by Crippen LogP contribution is -1.96. The van der Waals surface area contributed by atoms with Crippen molar-refractivity contribution in [2.24, 2.45) is 0 Å². The molecule has 0 saturated heterocycles. The summed E-state index contributed by atoms with van der Waals surface area (Å²) in [6.07, 6.45) is 0. The van der Waals surface area contributed by atoms with Gasteiger partial charge in [-0.05, 0) is 29.3 Å². The minimum Gasteiger partial charge on any atom is -0.236 e. The Morgan fingerprint density at radius 2 is 0.923 bits per heavy atom. The molecule has 3 nitrogen and oxygen atoms in total. The van der Waals surface area contributed by atoms with E-state index < -0.39 is 0 Å². The Hall–Kier alpha value is -4.93. The lowest BCUT2D eigenvalue weighted by Gasteiger charge is -2.10. The first-order valence-electron chi connectivity index (χ1n) is 12.9. The molecule has 184 valence electrons. The summed E-state index contributed by atoms with van der Waals surface area (Å²) < 4.78 is 1.09. The van der Waals surface area contributed by atoms with Crippen LogP contribution in [0.15, 0.2) is 140 Å². The highest BCUT2D eigenvalue weighted by atomic mass is 32.1. The van der Waals surface area contributed by atoms with Crippen LogP contribution in [0, 0.1) is 0 Å². The number of benzene rings is 5. The average Bonchev–Trinajstić information content (AvgIpc) is 3.47. The van der Waals surface area contributed by atoms with Crippen molar-refractivity contribution >= 4 is 21.6 Å². The SMILES string of the molecule is c1ccc(-c2ccc(-c3cc(-c4ccccc4)nc(-c4cccc5nc(-c6ccccc6)sc45)n3)cc2)cc1. The molecule has 39 heavy (non-hydrogen) atoms. The predicted octanol–water partition coefficient (Wildman–Crippen LogP) is 9.42. The number of hydrogen-bond donors (Lipinski definition) is 0. The third-order valence-corrected chi connectivity index (χ3v) is 7.91. The van der Waals surface area contributed by atoms with E-state index in [0.717, 1.165) is 48.9 Å². The number of aromatic nitrogens is 3. The van der Waals surface area contributed by atoms with E-state index in [1.807, 2.05) is 48.5 Å². The topological polar surface area (TPSA) is 38.7 Å². The minimum atomic E-state index is 0.701. The van der Waals surface area contributed by atoms with Gasteiger partial charge in [0.05, 0.1) is 21.6 Å². The van der Waals surface area contributed by atoms with Crippen molar-refractivity contribution in [3.05, 3.63) is 140 Å². The Morgan fingerprint density at radius 3 is 1.56 bits per heavy atom. The second-order valence-electron chi connectivity index (χ2n) is 9.31.